The molecule has 2 aliphatic heterocycles. The topological polar surface area (TPSA) is 81.9 Å². The molecule has 35 heavy (non-hydrogen) atoms. The number of likely N-dealkylation sites (tertiary alicyclic amines) is 1. The first-order valence-electron chi connectivity index (χ1n) is 12.6. The van der Waals surface area contributed by atoms with E-state index in [0.717, 1.165) is 43.6 Å². The van der Waals surface area contributed by atoms with E-state index >= 15 is 0 Å². The van der Waals surface area contributed by atoms with Crippen molar-refractivity contribution in [3.05, 3.63) is 46.3 Å². The van der Waals surface area contributed by atoms with Crippen molar-refractivity contribution in [3.63, 3.8) is 0 Å². The molecule has 2 atom stereocenters. The van der Waals surface area contributed by atoms with Crippen LogP contribution < -0.4 is 4.90 Å². The molecule has 5 rings (SSSR count). The van der Waals surface area contributed by atoms with Crippen molar-refractivity contribution in [3.8, 4) is 0 Å². The minimum Gasteiger partial charge on any atom is -0.390 e. The fourth-order valence-corrected chi connectivity index (χ4v) is 5.54. The molecule has 0 radical (unpaired) electrons. The van der Waals surface area contributed by atoms with E-state index in [9.17, 15) is 19.1 Å². The molecule has 1 aliphatic carbocycles. The van der Waals surface area contributed by atoms with Gasteiger partial charge in [0.1, 0.15) is 12.7 Å². The molecule has 0 unspecified atom stereocenters. The van der Waals surface area contributed by atoms with E-state index in [0.29, 0.717) is 25.3 Å². The average molecular weight is 484 g/mol. The zero-order chi connectivity index (χ0) is 24.7. The smallest absolute Gasteiger partial charge is 0.274 e. The van der Waals surface area contributed by atoms with E-state index in [4.69, 9.17) is 0 Å². The van der Waals surface area contributed by atoms with Crippen molar-refractivity contribution in [2.24, 2.45) is 0 Å². The van der Waals surface area contributed by atoms with E-state index in [1.54, 1.807) is 4.68 Å². The summed E-state index contributed by atoms with van der Waals surface area (Å²) in [7, 11) is 0. The Hall–Kier alpha value is -2.94. The van der Waals surface area contributed by atoms with E-state index in [1.165, 1.54) is 21.7 Å². The van der Waals surface area contributed by atoms with Gasteiger partial charge in [-0.2, -0.15) is 5.10 Å². The molecule has 1 N–H and O–H groups in total. The quantitative estimate of drug-likeness (QED) is 0.718. The second-order valence-electron chi connectivity index (χ2n) is 10.00. The van der Waals surface area contributed by atoms with Crippen molar-refractivity contribution >= 4 is 17.5 Å². The number of carbonyl (C=O) groups is 2. The van der Waals surface area contributed by atoms with E-state index < -0.39 is 12.3 Å². The Kier molecular flexibility index (Phi) is 6.53. The Labute approximate surface area is 205 Å². The lowest BCUT2D eigenvalue weighted by Gasteiger charge is -2.37. The summed E-state index contributed by atoms with van der Waals surface area (Å²) in [4.78, 5) is 32.0. The van der Waals surface area contributed by atoms with Crippen LogP contribution >= 0.6 is 0 Å². The number of piperazine rings is 1. The molecule has 0 saturated carbocycles. The molecule has 8 nitrogen and oxygen atoms in total. The number of halogens is 1. The SMILES string of the molecule is Cc1cccc(N2CCN(C(=O)Cn3nc(C(=O)N4CC[C@H](O)[C@H](F)C4)c4c3CCC4)CC2)c1C. The van der Waals surface area contributed by atoms with Crippen LogP contribution in [0.1, 0.15) is 45.7 Å². The van der Waals surface area contributed by atoms with Gasteiger partial charge in [-0.1, -0.05) is 12.1 Å². The number of piperidine rings is 1. The number of aryl methyl sites for hydroxylation is 1. The summed E-state index contributed by atoms with van der Waals surface area (Å²) in [6, 6.07) is 6.33. The molecule has 2 saturated heterocycles. The molecule has 2 aromatic rings. The number of anilines is 1. The summed E-state index contributed by atoms with van der Waals surface area (Å²) >= 11 is 0. The van der Waals surface area contributed by atoms with Gasteiger partial charge in [-0.15, -0.1) is 0 Å². The number of nitrogens with zero attached hydrogens (tertiary/aromatic N) is 5. The van der Waals surface area contributed by atoms with Gasteiger partial charge in [-0.25, -0.2) is 4.39 Å². The first-order valence-corrected chi connectivity index (χ1v) is 12.6. The number of aromatic nitrogens is 2. The Bertz CT molecular complexity index is 1120. The van der Waals surface area contributed by atoms with Crippen LogP contribution in [0.4, 0.5) is 10.1 Å². The monoisotopic (exact) mass is 483 g/mol. The number of rotatable bonds is 4. The van der Waals surface area contributed by atoms with Gasteiger partial charge >= 0.3 is 0 Å². The highest BCUT2D eigenvalue weighted by molar-refractivity contribution is 5.94. The third-order valence-corrected chi connectivity index (χ3v) is 7.84. The first kappa shape index (κ1) is 23.8. The predicted molar refractivity (Wildman–Crippen MR) is 130 cm³/mol. The van der Waals surface area contributed by atoms with Crippen LogP contribution in [0.15, 0.2) is 18.2 Å². The largest absolute Gasteiger partial charge is 0.390 e. The lowest BCUT2D eigenvalue weighted by Crippen LogP contribution is -2.50. The molecule has 1 aromatic carbocycles. The number of hydrogen-bond donors (Lipinski definition) is 1. The standard InChI is InChI=1S/C26H34FN5O3/c1-17-5-3-7-21(18(17)2)29-11-13-30(14-12-29)24(34)16-32-22-8-4-6-19(22)25(28-32)26(35)31-10-9-23(33)20(27)15-31/h3,5,7,20,23,33H,4,6,8-16H2,1-2H3/t20-,23+/m1/s1. The summed E-state index contributed by atoms with van der Waals surface area (Å²) in [5, 5.41) is 14.2. The molecular weight excluding hydrogens is 449 g/mol. The number of benzene rings is 1. The van der Waals surface area contributed by atoms with Gasteiger partial charge in [0.05, 0.1) is 12.6 Å². The molecule has 0 bridgehead atoms. The van der Waals surface area contributed by atoms with Crippen molar-refractivity contribution < 1.29 is 19.1 Å². The summed E-state index contributed by atoms with van der Waals surface area (Å²) in [5.74, 6) is -0.294. The van der Waals surface area contributed by atoms with Crippen LogP contribution in [0.3, 0.4) is 0 Å². The number of amides is 2. The van der Waals surface area contributed by atoms with Crippen LogP contribution in [-0.4, -0.2) is 88.0 Å². The average Bonchev–Trinajstić information content (AvgIpc) is 3.46. The maximum Gasteiger partial charge on any atom is 0.274 e. The summed E-state index contributed by atoms with van der Waals surface area (Å²) in [6.07, 6.45) is 0.215. The second-order valence-corrected chi connectivity index (χ2v) is 10.00. The molecule has 0 spiro atoms. The highest BCUT2D eigenvalue weighted by Gasteiger charge is 2.35. The van der Waals surface area contributed by atoms with Gasteiger partial charge in [-0.3, -0.25) is 14.3 Å². The van der Waals surface area contributed by atoms with Crippen molar-refractivity contribution in [1.82, 2.24) is 19.6 Å². The Morgan fingerprint density at radius 2 is 1.86 bits per heavy atom. The maximum atomic E-state index is 14.0. The van der Waals surface area contributed by atoms with Gasteiger partial charge in [0.15, 0.2) is 5.69 Å². The van der Waals surface area contributed by atoms with Gasteiger partial charge in [0.25, 0.3) is 5.91 Å². The summed E-state index contributed by atoms with van der Waals surface area (Å²) in [6.45, 7) is 7.42. The third kappa shape index (κ3) is 4.53. The summed E-state index contributed by atoms with van der Waals surface area (Å²) in [5.41, 5.74) is 5.95. The maximum absolute atomic E-state index is 14.0. The van der Waals surface area contributed by atoms with Gasteiger partial charge in [0.2, 0.25) is 5.91 Å². The third-order valence-electron chi connectivity index (χ3n) is 7.84. The van der Waals surface area contributed by atoms with E-state index in [-0.39, 0.29) is 31.3 Å². The van der Waals surface area contributed by atoms with Gasteiger partial charge in [-0.05, 0) is 56.7 Å². The summed E-state index contributed by atoms with van der Waals surface area (Å²) < 4.78 is 15.7. The van der Waals surface area contributed by atoms with Crippen molar-refractivity contribution in [2.45, 2.75) is 58.4 Å². The molecule has 1 aromatic heterocycles. The van der Waals surface area contributed by atoms with Crippen LogP contribution in [0.2, 0.25) is 0 Å². The lowest BCUT2D eigenvalue weighted by atomic mass is 10.1. The van der Waals surface area contributed by atoms with Gasteiger partial charge < -0.3 is 19.8 Å². The molecule has 188 valence electrons. The first-order chi connectivity index (χ1) is 16.8. The van der Waals surface area contributed by atoms with Crippen LogP contribution in [-0.2, 0) is 24.2 Å². The molecule has 2 amide bonds. The minimum atomic E-state index is -1.44. The predicted octanol–water partition coefficient (Wildman–Crippen LogP) is 1.88. The number of aliphatic hydroxyl groups is 1. The second kappa shape index (κ2) is 9.60. The van der Waals surface area contributed by atoms with Crippen LogP contribution in [0, 0.1) is 13.8 Å². The van der Waals surface area contributed by atoms with Gasteiger partial charge in [0, 0.05) is 49.7 Å². The van der Waals surface area contributed by atoms with E-state index in [1.807, 2.05) is 4.90 Å². The Morgan fingerprint density at radius 1 is 1.09 bits per heavy atom. The molecule has 2 fully saturated rings. The molecule has 3 heterocycles. The highest BCUT2D eigenvalue weighted by Crippen LogP contribution is 2.28. The zero-order valence-corrected chi connectivity index (χ0v) is 20.5. The number of aliphatic hydroxyl groups excluding tert-OH is 1. The zero-order valence-electron chi connectivity index (χ0n) is 20.5. The fraction of sp³-hybridized carbons (Fsp3) is 0.577. The minimum absolute atomic E-state index is 0.00623. The van der Waals surface area contributed by atoms with Crippen LogP contribution in [0.25, 0.3) is 0 Å². The molecule has 3 aliphatic rings. The number of alkyl halides is 1. The highest BCUT2D eigenvalue weighted by atomic mass is 19.1. The molecular formula is C26H34FN5O3. The number of carbonyl (C=O) groups excluding carboxylic acids is 2. The van der Waals surface area contributed by atoms with Crippen molar-refractivity contribution in [2.75, 3.05) is 44.2 Å². The number of hydrogen-bond acceptors (Lipinski definition) is 5. The normalized spacial score (nSPS) is 22.5. The van der Waals surface area contributed by atoms with E-state index in [2.05, 4.69) is 42.0 Å². The number of fused-ring (bicyclic) bond motifs is 1. The Morgan fingerprint density at radius 3 is 2.60 bits per heavy atom. The lowest BCUT2D eigenvalue weighted by molar-refractivity contribution is -0.132. The van der Waals surface area contributed by atoms with Crippen molar-refractivity contribution in [1.29, 1.82) is 0 Å². The Balaban J connectivity index is 1.25. The van der Waals surface area contributed by atoms with Crippen LogP contribution in [0.5, 0.6) is 0 Å². The fourth-order valence-electron chi connectivity index (χ4n) is 5.54. The molecule has 9 heteroatoms.